The Hall–Kier alpha value is -4.34. The van der Waals surface area contributed by atoms with Gasteiger partial charge in [0.15, 0.2) is 5.78 Å². The third-order valence-electron chi connectivity index (χ3n) is 4.50. The van der Waals surface area contributed by atoms with Gasteiger partial charge in [0.05, 0.1) is 16.1 Å². The molecule has 0 aliphatic rings. The molecule has 1 aromatic heterocycles. The van der Waals surface area contributed by atoms with Crippen LogP contribution in [0.4, 0.5) is 17.1 Å². The molecule has 10 heteroatoms. The molecule has 31 heavy (non-hydrogen) atoms. The Morgan fingerprint density at radius 3 is 2.42 bits per heavy atom. The second-order valence-electron chi connectivity index (χ2n) is 6.60. The highest BCUT2D eigenvalue weighted by atomic mass is 16.6. The van der Waals surface area contributed by atoms with Crippen molar-refractivity contribution in [1.82, 2.24) is 9.78 Å². The van der Waals surface area contributed by atoms with Crippen LogP contribution < -0.4 is 10.9 Å². The number of nitro groups is 1. The Kier molecular flexibility index (Phi) is 5.91. The van der Waals surface area contributed by atoms with Gasteiger partial charge in [-0.15, -0.1) is 0 Å². The SMILES string of the molecule is CCn1nc(-c2ccccc2)c(C(C)=O)c(Nc2cc(C(=O)O)cc([N+](=O)[O-])c2)c1=O. The number of aromatic carboxylic acids is 1. The van der Waals surface area contributed by atoms with Crippen LogP contribution in [0.5, 0.6) is 0 Å². The monoisotopic (exact) mass is 422 g/mol. The largest absolute Gasteiger partial charge is 0.478 e. The summed E-state index contributed by atoms with van der Waals surface area (Å²) in [6, 6.07) is 11.9. The van der Waals surface area contributed by atoms with E-state index >= 15 is 0 Å². The first kappa shape index (κ1) is 21.4. The Balaban J connectivity index is 2.29. The number of aromatic nitrogens is 2. The van der Waals surface area contributed by atoms with Gasteiger partial charge >= 0.3 is 5.97 Å². The quantitative estimate of drug-likeness (QED) is 0.334. The molecule has 0 amide bonds. The van der Waals surface area contributed by atoms with E-state index in [9.17, 15) is 29.6 Å². The molecule has 0 aliphatic heterocycles. The Labute approximate surface area is 175 Å². The number of aryl methyl sites for hydroxylation is 1. The molecule has 2 N–H and O–H groups in total. The molecule has 158 valence electrons. The summed E-state index contributed by atoms with van der Waals surface area (Å²) >= 11 is 0. The third-order valence-corrected chi connectivity index (χ3v) is 4.50. The van der Waals surface area contributed by atoms with Crippen molar-refractivity contribution in [2.24, 2.45) is 0 Å². The molecular formula is C21H18N4O6. The van der Waals surface area contributed by atoms with Crippen molar-refractivity contribution in [1.29, 1.82) is 0 Å². The maximum Gasteiger partial charge on any atom is 0.336 e. The number of carbonyl (C=O) groups is 2. The van der Waals surface area contributed by atoms with Crippen LogP contribution in [-0.4, -0.2) is 31.6 Å². The molecule has 10 nitrogen and oxygen atoms in total. The lowest BCUT2D eigenvalue weighted by atomic mass is 10.0. The normalized spacial score (nSPS) is 10.5. The zero-order chi connectivity index (χ0) is 22.7. The van der Waals surface area contributed by atoms with Crippen molar-refractivity contribution in [3.63, 3.8) is 0 Å². The fourth-order valence-corrected chi connectivity index (χ4v) is 3.10. The van der Waals surface area contributed by atoms with Crippen LogP contribution in [0.3, 0.4) is 0 Å². The van der Waals surface area contributed by atoms with Crippen molar-refractivity contribution >= 4 is 28.8 Å². The second-order valence-corrected chi connectivity index (χ2v) is 6.60. The molecule has 0 fully saturated rings. The van der Waals surface area contributed by atoms with Gasteiger partial charge in [0, 0.05) is 29.9 Å². The lowest BCUT2D eigenvalue weighted by Gasteiger charge is -2.16. The molecule has 3 aromatic rings. The first-order valence-corrected chi connectivity index (χ1v) is 9.24. The summed E-state index contributed by atoms with van der Waals surface area (Å²) in [5.41, 5.74) is -0.711. The molecule has 3 rings (SSSR count). The van der Waals surface area contributed by atoms with Gasteiger partial charge in [0.1, 0.15) is 11.4 Å². The van der Waals surface area contributed by atoms with E-state index in [2.05, 4.69) is 10.4 Å². The Morgan fingerprint density at radius 1 is 1.19 bits per heavy atom. The highest BCUT2D eigenvalue weighted by Gasteiger charge is 2.23. The van der Waals surface area contributed by atoms with Crippen LogP contribution in [0.25, 0.3) is 11.3 Å². The van der Waals surface area contributed by atoms with Gasteiger partial charge < -0.3 is 10.4 Å². The molecule has 1 heterocycles. The van der Waals surface area contributed by atoms with E-state index in [1.54, 1.807) is 37.3 Å². The number of Topliss-reactive ketones (excluding diaryl/α,β-unsaturated/α-hetero) is 1. The molecule has 0 bridgehead atoms. The number of carboxylic acids is 1. The fraction of sp³-hybridized carbons (Fsp3) is 0.143. The zero-order valence-electron chi connectivity index (χ0n) is 16.7. The Bertz CT molecular complexity index is 1220. The summed E-state index contributed by atoms with van der Waals surface area (Å²) in [6.45, 7) is 3.19. The number of hydrogen-bond donors (Lipinski definition) is 2. The van der Waals surface area contributed by atoms with E-state index in [0.717, 1.165) is 22.9 Å². The summed E-state index contributed by atoms with van der Waals surface area (Å²) in [7, 11) is 0. The summed E-state index contributed by atoms with van der Waals surface area (Å²) in [6.07, 6.45) is 0. The van der Waals surface area contributed by atoms with E-state index in [1.165, 1.54) is 6.92 Å². The topological polar surface area (TPSA) is 144 Å². The summed E-state index contributed by atoms with van der Waals surface area (Å²) in [4.78, 5) is 47.4. The van der Waals surface area contributed by atoms with Gasteiger partial charge in [-0.2, -0.15) is 5.10 Å². The standard InChI is InChI=1S/C21H18N4O6/c1-3-24-20(27)19(17(12(2)26)18(23-24)13-7-5-4-6-8-13)22-15-9-14(21(28)29)10-16(11-15)25(30)31/h4-11,22H,3H2,1-2H3,(H,28,29). The summed E-state index contributed by atoms with van der Waals surface area (Å²) < 4.78 is 1.16. The maximum atomic E-state index is 13.0. The highest BCUT2D eigenvalue weighted by Crippen LogP contribution is 2.29. The van der Waals surface area contributed by atoms with E-state index in [1.807, 2.05) is 0 Å². The van der Waals surface area contributed by atoms with Crippen molar-refractivity contribution in [2.45, 2.75) is 20.4 Å². The zero-order valence-corrected chi connectivity index (χ0v) is 16.7. The van der Waals surface area contributed by atoms with Gasteiger partial charge in [-0.05, 0) is 19.9 Å². The van der Waals surface area contributed by atoms with Crippen LogP contribution in [0, 0.1) is 10.1 Å². The van der Waals surface area contributed by atoms with Crippen LogP contribution in [-0.2, 0) is 6.54 Å². The van der Waals surface area contributed by atoms with Gasteiger partial charge in [-0.25, -0.2) is 9.48 Å². The van der Waals surface area contributed by atoms with Crippen molar-refractivity contribution in [2.75, 3.05) is 5.32 Å². The number of benzene rings is 2. The number of carboxylic acid groups (broad SMARTS) is 1. The molecule has 0 aliphatic carbocycles. The minimum Gasteiger partial charge on any atom is -0.478 e. The molecule has 0 saturated carbocycles. The molecule has 0 atom stereocenters. The summed E-state index contributed by atoms with van der Waals surface area (Å²) in [5, 5.41) is 27.5. The average molecular weight is 422 g/mol. The second kappa shape index (κ2) is 8.57. The van der Waals surface area contributed by atoms with Crippen LogP contribution in [0.1, 0.15) is 34.6 Å². The van der Waals surface area contributed by atoms with Gasteiger partial charge in [0.2, 0.25) is 0 Å². The van der Waals surface area contributed by atoms with Gasteiger partial charge in [-0.3, -0.25) is 19.7 Å². The number of anilines is 2. The first-order valence-electron chi connectivity index (χ1n) is 9.24. The minimum atomic E-state index is -1.37. The van der Waals surface area contributed by atoms with Crippen LogP contribution in [0.15, 0.2) is 53.3 Å². The molecule has 2 aromatic carbocycles. The van der Waals surface area contributed by atoms with Crippen molar-refractivity contribution in [3.8, 4) is 11.3 Å². The number of nitrogens with one attached hydrogen (secondary N) is 1. The lowest BCUT2D eigenvalue weighted by Crippen LogP contribution is -2.28. The predicted molar refractivity (Wildman–Crippen MR) is 113 cm³/mol. The van der Waals surface area contributed by atoms with Crippen LogP contribution >= 0.6 is 0 Å². The van der Waals surface area contributed by atoms with Gasteiger partial charge in [0.25, 0.3) is 11.2 Å². The number of nitro benzene ring substituents is 1. The number of ketones is 1. The minimum absolute atomic E-state index is 0.00396. The van der Waals surface area contributed by atoms with Crippen LogP contribution in [0.2, 0.25) is 0 Å². The number of non-ortho nitro benzene ring substituents is 1. The first-order chi connectivity index (χ1) is 14.7. The van der Waals surface area contributed by atoms with Crippen molar-refractivity contribution < 1.29 is 19.6 Å². The van der Waals surface area contributed by atoms with Crippen molar-refractivity contribution in [3.05, 3.63) is 80.1 Å². The highest BCUT2D eigenvalue weighted by molar-refractivity contribution is 6.05. The van der Waals surface area contributed by atoms with E-state index < -0.39 is 27.9 Å². The van der Waals surface area contributed by atoms with E-state index in [-0.39, 0.29) is 34.7 Å². The smallest absolute Gasteiger partial charge is 0.336 e. The fourth-order valence-electron chi connectivity index (χ4n) is 3.10. The molecule has 0 unspecified atom stereocenters. The maximum absolute atomic E-state index is 13.0. The predicted octanol–water partition coefficient (Wildman–Crippen LogP) is 3.48. The summed E-state index contributed by atoms with van der Waals surface area (Å²) in [5.74, 6) is -1.82. The lowest BCUT2D eigenvalue weighted by molar-refractivity contribution is -0.384. The van der Waals surface area contributed by atoms with E-state index in [4.69, 9.17) is 0 Å². The molecule has 0 saturated heterocycles. The molecule has 0 spiro atoms. The van der Waals surface area contributed by atoms with Gasteiger partial charge in [-0.1, -0.05) is 30.3 Å². The number of nitrogens with zero attached hydrogens (tertiary/aromatic N) is 3. The average Bonchev–Trinajstić information content (AvgIpc) is 2.75. The Morgan fingerprint density at radius 2 is 1.87 bits per heavy atom. The molecular weight excluding hydrogens is 404 g/mol. The number of carbonyl (C=O) groups excluding carboxylic acids is 1. The number of rotatable bonds is 7. The van der Waals surface area contributed by atoms with E-state index in [0.29, 0.717) is 5.56 Å². The third kappa shape index (κ3) is 4.32. The molecule has 0 radical (unpaired) electrons. The number of hydrogen-bond acceptors (Lipinski definition) is 7.